The Hall–Kier alpha value is -1.43. The van der Waals surface area contributed by atoms with E-state index < -0.39 is 0 Å². The molecule has 1 aromatic carbocycles. The zero-order valence-corrected chi connectivity index (χ0v) is 9.43. The first-order valence-corrected chi connectivity index (χ1v) is 5.62. The lowest BCUT2D eigenvalue weighted by Gasteiger charge is -2.45. The number of benzene rings is 1. The van der Waals surface area contributed by atoms with Crippen LogP contribution in [0.25, 0.3) is 11.1 Å². The summed E-state index contributed by atoms with van der Waals surface area (Å²) in [6, 6.07) is 5.70. The number of rotatable bonds is 3. The molecular formula is C12H15N3O2. The summed E-state index contributed by atoms with van der Waals surface area (Å²) in [5.74, 6) is 0. The second-order valence-electron chi connectivity index (χ2n) is 4.62. The Labute approximate surface area is 98.7 Å². The van der Waals surface area contributed by atoms with Gasteiger partial charge in [-0.2, -0.15) is 0 Å². The summed E-state index contributed by atoms with van der Waals surface area (Å²) >= 11 is 0. The van der Waals surface area contributed by atoms with Gasteiger partial charge in [0.25, 0.3) is 0 Å². The number of nitrogens with zero attached hydrogens (tertiary/aromatic N) is 1. The third kappa shape index (κ3) is 1.55. The molecule has 1 aliphatic rings. The van der Waals surface area contributed by atoms with Crippen LogP contribution in [0, 0.1) is 5.41 Å². The third-order valence-corrected chi connectivity index (χ3v) is 3.56. The minimum absolute atomic E-state index is 0.129. The highest BCUT2D eigenvalue weighted by Gasteiger charge is 2.43. The van der Waals surface area contributed by atoms with Crippen LogP contribution in [-0.2, 0) is 4.74 Å². The molecule has 1 atom stereocenters. The Bertz CT molecular complexity index is 528. The number of ether oxygens (including phenoxy) is 1. The smallest absolute Gasteiger partial charge is 0.181 e. The van der Waals surface area contributed by atoms with Crippen molar-refractivity contribution in [2.24, 2.45) is 16.9 Å². The van der Waals surface area contributed by atoms with Gasteiger partial charge < -0.3 is 20.6 Å². The van der Waals surface area contributed by atoms with Crippen molar-refractivity contribution in [3.8, 4) is 0 Å². The van der Waals surface area contributed by atoms with Gasteiger partial charge in [0.1, 0.15) is 5.52 Å². The first-order chi connectivity index (χ1) is 8.25. The van der Waals surface area contributed by atoms with E-state index in [9.17, 15) is 0 Å². The molecule has 1 aromatic heterocycles. The van der Waals surface area contributed by atoms with Crippen molar-refractivity contribution < 1.29 is 9.15 Å². The van der Waals surface area contributed by atoms with Crippen molar-refractivity contribution in [2.45, 2.75) is 6.04 Å². The molecule has 90 valence electrons. The van der Waals surface area contributed by atoms with Crippen molar-refractivity contribution in [3.05, 3.63) is 30.2 Å². The van der Waals surface area contributed by atoms with Crippen LogP contribution in [0.15, 0.2) is 29.0 Å². The normalized spacial score (nSPS) is 20.1. The van der Waals surface area contributed by atoms with E-state index in [4.69, 9.17) is 20.6 Å². The Morgan fingerprint density at radius 2 is 2.24 bits per heavy atom. The zero-order chi connectivity index (χ0) is 11.9. The van der Waals surface area contributed by atoms with Gasteiger partial charge in [0.2, 0.25) is 0 Å². The topological polar surface area (TPSA) is 87.3 Å². The van der Waals surface area contributed by atoms with Crippen molar-refractivity contribution in [2.75, 3.05) is 19.8 Å². The molecule has 0 saturated carbocycles. The number of aromatic nitrogens is 1. The van der Waals surface area contributed by atoms with Gasteiger partial charge in [-0.05, 0) is 17.7 Å². The van der Waals surface area contributed by atoms with Crippen molar-refractivity contribution in [3.63, 3.8) is 0 Å². The summed E-state index contributed by atoms with van der Waals surface area (Å²) in [7, 11) is 0. The minimum atomic E-state index is -0.131. The Kier molecular flexibility index (Phi) is 2.39. The second-order valence-corrected chi connectivity index (χ2v) is 4.62. The fourth-order valence-electron chi connectivity index (χ4n) is 2.21. The maximum Gasteiger partial charge on any atom is 0.181 e. The highest BCUT2D eigenvalue weighted by atomic mass is 16.5. The van der Waals surface area contributed by atoms with Gasteiger partial charge in [0.05, 0.1) is 13.2 Å². The van der Waals surface area contributed by atoms with Crippen molar-refractivity contribution in [1.82, 2.24) is 4.98 Å². The van der Waals surface area contributed by atoms with Crippen LogP contribution < -0.4 is 11.5 Å². The molecule has 17 heavy (non-hydrogen) atoms. The molecule has 1 saturated heterocycles. The maximum atomic E-state index is 6.28. The van der Waals surface area contributed by atoms with E-state index in [2.05, 4.69) is 4.98 Å². The average molecular weight is 233 g/mol. The molecule has 1 aliphatic heterocycles. The SMILES string of the molecule is NCC1(C(N)c2ccc3ncoc3c2)COC1. The van der Waals surface area contributed by atoms with Gasteiger partial charge in [-0.3, -0.25) is 0 Å². The van der Waals surface area contributed by atoms with Gasteiger partial charge in [-0.1, -0.05) is 6.07 Å². The van der Waals surface area contributed by atoms with Gasteiger partial charge in [0.15, 0.2) is 12.0 Å². The van der Waals surface area contributed by atoms with Crippen molar-refractivity contribution in [1.29, 1.82) is 0 Å². The monoisotopic (exact) mass is 233 g/mol. The first-order valence-electron chi connectivity index (χ1n) is 5.62. The number of nitrogens with two attached hydrogens (primary N) is 2. The highest BCUT2D eigenvalue weighted by molar-refractivity contribution is 5.72. The van der Waals surface area contributed by atoms with Crippen LogP contribution in [0.5, 0.6) is 0 Å². The van der Waals surface area contributed by atoms with E-state index >= 15 is 0 Å². The standard InChI is InChI=1S/C12H15N3O2/c13-4-12(5-16-6-12)11(14)8-1-2-9-10(3-8)17-7-15-9/h1-3,7,11H,4-6,13-14H2. The fourth-order valence-corrected chi connectivity index (χ4v) is 2.21. The molecule has 0 radical (unpaired) electrons. The molecule has 5 heteroatoms. The van der Waals surface area contributed by atoms with E-state index in [1.54, 1.807) is 0 Å². The van der Waals surface area contributed by atoms with Crippen LogP contribution in [0.2, 0.25) is 0 Å². The number of hydrogen-bond acceptors (Lipinski definition) is 5. The quantitative estimate of drug-likeness (QED) is 0.818. The van der Waals surface area contributed by atoms with E-state index in [1.165, 1.54) is 6.39 Å². The Balaban J connectivity index is 1.97. The van der Waals surface area contributed by atoms with Crippen LogP contribution in [0.4, 0.5) is 0 Å². The van der Waals surface area contributed by atoms with E-state index in [0.29, 0.717) is 19.8 Å². The van der Waals surface area contributed by atoms with Crippen molar-refractivity contribution >= 4 is 11.1 Å². The predicted octanol–water partition coefficient (Wildman–Crippen LogP) is 0.803. The summed E-state index contributed by atoms with van der Waals surface area (Å²) in [6.07, 6.45) is 1.44. The van der Waals surface area contributed by atoms with Gasteiger partial charge >= 0.3 is 0 Å². The highest BCUT2D eigenvalue weighted by Crippen LogP contribution is 2.38. The lowest BCUT2D eigenvalue weighted by molar-refractivity contribution is -0.121. The predicted molar refractivity (Wildman–Crippen MR) is 63.2 cm³/mol. The molecule has 2 heterocycles. The third-order valence-electron chi connectivity index (χ3n) is 3.56. The van der Waals surface area contributed by atoms with E-state index in [0.717, 1.165) is 16.7 Å². The van der Waals surface area contributed by atoms with Gasteiger partial charge in [0, 0.05) is 18.0 Å². The lowest BCUT2D eigenvalue weighted by Crippen LogP contribution is -2.54. The molecule has 0 spiro atoms. The zero-order valence-electron chi connectivity index (χ0n) is 9.43. The van der Waals surface area contributed by atoms with E-state index in [-0.39, 0.29) is 11.5 Å². The summed E-state index contributed by atoms with van der Waals surface area (Å²) in [5.41, 5.74) is 14.6. The van der Waals surface area contributed by atoms with Gasteiger partial charge in [-0.15, -0.1) is 0 Å². The average Bonchev–Trinajstić information content (AvgIpc) is 2.74. The van der Waals surface area contributed by atoms with Crippen LogP contribution in [0.1, 0.15) is 11.6 Å². The van der Waals surface area contributed by atoms with Crippen LogP contribution in [0.3, 0.4) is 0 Å². The Morgan fingerprint density at radius 3 is 2.88 bits per heavy atom. The summed E-state index contributed by atoms with van der Waals surface area (Å²) in [5, 5.41) is 0. The molecule has 1 fully saturated rings. The molecule has 0 amide bonds. The van der Waals surface area contributed by atoms with Gasteiger partial charge in [-0.25, -0.2) is 4.98 Å². The number of fused-ring (bicyclic) bond motifs is 1. The molecule has 0 aliphatic carbocycles. The number of oxazole rings is 1. The molecule has 3 rings (SSSR count). The minimum Gasteiger partial charge on any atom is -0.443 e. The summed E-state index contributed by atoms with van der Waals surface area (Å²) in [6.45, 7) is 1.78. The van der Waals surface area contributed by atoms with Crippen LogP contribution in [-0.4, -0.2) is 24.7 Å². The molecule has 4 N–H and O–H groups in total. The van der Waals surface area contributed by atoms with E-state index in [1.807, 2.05) is 18.2 Å². The fraction of sp³-hybridized carbons (Fsp3) is 0.417. The summed E-state index contributed by atoms with van der Waals surface area (Å²) in [4.78, 5) is 4.08. The second kappa shape index (κ2) is 3.80. The lowest BCUT2D eigenvalue weighted by atomic mass is 9.76. The Morgan fingerprint density at radius 1 is 1.41 bits per heavy atom. The largest absolute Gasteiger partial charge is 0.443 e. The summed E-state index contributed by atoms with van der Waals surface area (Å²) < 4.78 is 10.5. The molecular weight excluding hydrogens is 218 g/mol. The molecule has 5 nitrogen and oxygen atoms in total. The molecule has 1 unspecified atom stereocenters. The maximum absolute atomic E-state index is 6.28. The van der Waals surface area contributed by atoms with Crippen LogP contribution >= 0.6 is 0 Å². The molecule has 2 aromatic rings. The number of hydrogen-bond donors (Lipinski definition) is 2. The molecule has 0 bridgehead atoms. The first kappa shape index (κ1) is 10.7.